The molecule has 0 radical (unpaired) electrons. The van der Waals surface area contributed by atoms with Gasteiger partial charge in [0.2, 0.25) is 0 Å². The number of nitrogens with two attached hydrogens (primary N) is 1. The highest BCUT2D eigenvalue weighted by Gasteiger charge is 2.23. The number of rotatable bonds is 7. The Kier molecular flexibility index (Phi) is 4.58. The van der Waals surface area contributed by atoms with Crippen LogP contribution >= 0.6 is 0 Å². The minimum atomic E-state index is 0.176. The molecule has 0 bridgehead atoms. The molecule has 1 fully saturated rings. The zero-order valence-electron chi connectivity index (χ0n) is 11.2. The van der Waals surface area contributed by atoms with Gasteiger partial charge in [-0.25, -0.2) is 0 Å². The Hall–Kier alpha value is -1.10. The number of hydrazine groups is 1. The van der Waals surface area contributed by atoms with Crippen molar-refractivity contribution in [2.45, 2.75) is 31.4 Å². The van der Waals surface area contributed by atoms with E-state index < -0.39 is 0 Å². The molecule has 1 aliphatic rings. The maximum absolute atomic E-state index is 5.81. The van der Waals surface area contributed by atoms with E-state index in [0.29, 0.717) is 6.10 Å². The first kappa shape index (κ1) is 13.3. The van der Waals surface area contributed by atoms with E-state index in [1.165, 1.54) is 18.4 Å². The number of benzene rings is 1. The van der Waals surface area contributed by atoms with Crippen molar-refractivity contribution in [1.82, 2.24) is 10.3 Å². The van der Waals surface area contributed by atoms with Crippen LogP contribution in [0, 0.1) is 0 Å². The zero-order valence-corrected chi connectivity index (χ0v) is 11.2. The molecule has 0 saturated heterocycles. The van der Waals surface area contributed by atoms with Gasteiger partial charge in [-0.1, -0.05) is 12.1 Å². The summed E-state index contributed by atoms with van der Waals surface area (Å²) in [5, 5.41) is 0. The van der Waals surface area contributed by atoms with Gasteiger partial charge >= 0.3 is 0 Å². The Bertz CT molecular complexity index is 377. The first-order chi connectivity index (χ1) is 8.69. The fourth-order valence-corrected chi connectivity index (χ4v) is 1.92. The third kappa shape index (κ3) is 3.98. The molecule has 3 N–H and O–H groups in total. The van der Waals surface area contributed by atoms with Crippen molar-refractivity contribution < 1.29 is 4.74 Å². The van der Waals surface area contributed by atoms with Crippen molar-refractivity contribution in [2.24, 2.45) is 5.84 Å². The summed E-state index contributed by atoms with van der Waals surface area (Å²) in [7, 11) is 4.14. The molecule has 0 heterocycles. The van der Waals surface area contributed by atoms with E-state index in [4.69, 9.17) is 10.6 Å². The fraction of sp³-hybridized carbons (Fsp3) is 0.571. The van der Waals surface area contributed by atoms with E-state index in [1.54, 1.807) is 0 Å². The first-order valence-electron chi connectivity index (χ1n) is 6.56. The average molecular weight is 249 g/mol. The summed E-state index contributed by atoms with van der Waals surface area (Å²) in [6.07, 6.45) is 3.79. The average Bonchev–Trinajstić information content (AvgIpc) is 3.14. The summed E-state index contributed by atoms with van der Waals surface area (Å²) in [4.78, 5) is 2.16. The number of nitrogens with zero attached hydrogens (tertiary/aromatic N) is 1. The predicted molar refractivity (Wildman–Crippen MR) is 73.3 cm³/mol. The van der Waals surface area contributed by atoms with Crippen LogP contribution in [0.25, 0.3) is 0 Å². The molecule has 4 heteroatoms. The van der Waals surface area contributed by atoms with Gasteiger partial charge in [0.1, 0.15) is 5.75 Å². The summed E-state index contributed by atoms with van der Waals surface area (Å²) >= 11 is 0. The van der Waals surface area contributed by atoms with Crippen LogP contribution in [0.2, 0.25) is 0 Å². The van der Waals surface area contributed by atoms with E-state index >= 15 is 0 Å². The lowest BCUT2D eigenvalue weighted by molar-refractivity contribution is 0.302. The standard InChI is InChI=1S/C14H23N3O/c1-17(2)9-8-14(16-15)11-4-3-5-13(10-11)18-12-6-7-12/h3-5,10,12,14,16H,6-9,15H2,1-2H3. The molecule has 4 nitrogen and oxygen atoms in total. The van der Waals surface area contributed by atoms with Crippen LogP contribution in [0.5, 0.6) is 5.75 Å². The summed E-state index contributed by atoms with van der Waals surface area (Å²) < 4.78 is 5.81. The largest absolute Gasteiger partial charge is 0.490 e. The Morgan fingerprint density at radius 3 is 2.83 bits per heavy atom. The van der Waals surface area contributed by atoms with Gasteiger partial charge in [0.15, 0.2) is 0 Å². The Balaban J connectivity index is 1.99. The Labute approximate surface area is 109 Å². The molecule has 0 amide bonds. The van der Waals surface area contributed by atoms with Gasteiger partial charge in [0.25, 0.3) is 0 Å². The molecule has 2 rings (SSSR count). The van der Waals surface area contributed by atoms with Gasteiger partial charge in [0.05, 0.1) is 6.10 Å². The highest BCUT2D eigenvalue weighted by atomic mass is 16.5. The lowest BCUT2D eigenvalue weighted by Gasteiger charge is -2.19. The van der Waals surface area contributed by atoms with Crippen molar-refractivity contribution >= 4 is 0 Å². The monoisotopic (exact) mass is 249 g/mol. The van der Waals surface area contributed by atoms with Crippen molar-refractivity contribution in [2.75, 3.05) is 20.6 Å². The smallest absolute Gasteiger partial charge is 0.120 e. The molecule has 0 aliphatic heterocycles. The molecule has 0 aromatic heterocycles. The topological polar surface area (TPSA) is 50.5 Å². The molecule has 1 saturated carbocycles. The van der Waals surface area contributed by atoms with E-state index in [1.807, 2.05) is 12.1 Å². The molecule has 0 spiro atoms. The number of nitrogens with one attached hydrogen (secondary N) is 1. The van der Waals surface area contributed by atoms with Gasteiger partial charge in [-0.05, 0) is 57.6 Å². The Morgan fingerprint density at radius 1 is 1.44 bits per heavy atom. The highest BCUT2D eigenvalue weighted by molar-refractivity contribution is 5.31. The second-order valence-corrected chi connectivity index (χ2v) is 5.20. The SMILES string of the molecule is CN(C)CCC(NN)c1cccc(OC2CC2)c1. The lowest BCUT2D eigenvalue weighted by atomic mass is 10.0. The third-order valence-electron chi connectivity index (χ3n) is 3.15. The van der Waals surface area contributed by atoms with Crippen LogP contribution in [-0.2, 0) is 0 Å². The number of hydrogen-bond acceptors (Lipinski definition) is 4. The molecule has 18 heavy (non-hydrogen) atoms. The van der Waals surface area contributed by atoms with Gasteiger partial charge in [-0.2, -0.15) is 0 Å². The molecule has 1 aliphatic carbocycles. The maximum atomic E-state index is 5.81. The van der Waals surface area contributed by atoms with E-state index in [9.17, 15) is 0 Å². The highest BCUT2D eigenvalue weighted by Crippen LogP contribution is 2.28. The van der Waals surface area contributed by atoms with Crippen LogP contribution < -0.4 is 16.0 Å². The molecule has 1 aromatic rings. The summed E-state index contributed by atoms with van der Waals surface area (Å²) in [6.45, 7) is 1.00. The first-order valence-corrected chi connectivity index (χ1v) is 6.56. The number of hydrogen-bond donors (Lipinski definition) is 2. The van der Waals surface area contributed by atoms with Crippen LogP contribution in [0.4, 0.5) is 0 Å². The van der Waals surface area contributed by atoms with Crippen LogP contribution in [0.3, 0.4) is 0 Å². The molecule has 1 aromatic carbocycles. The van der Waals surface area contributed by atoms with E-state index in [2.05, 4.69) is 36.6 Å². The van der Waals surface area contributed by atoms with Gasteiger partial charge < -0.3 is 9.64 Å². The van der Waals surface area contributed by atoms with Crippen molar-refractivity contribution in [3.05, 3.63) is 29.8 Å². The van der Waals surface area contributed by atoms with Crippen LogP contribution in [-0.4, -0.2) is 31.6 Å². The quantitative estimate of drug-likeness (QED) is 0.570. The zero-order chi connectivity index (χ0) is 13.0. The maximum Gasteiger partial charge on any atom is 0.120 e. The van der Waals surface area contributed by atoms with Crippen LogP contribution in [0.15, 0.2) is 24.3 Å². The number of ether oxygens (including phenoxy) is 1. The minimum Gasteiger partial charge on any atom is -0.490 e. The predicted octanol–water partition coefficient (Wildman–Crippen LogP) is 1.68. The van der Waals surface area contributed by atoms with Crippen molar-refractivity contribution in [1.29, 1.82) is 0 Å². The van der Waals surface area contributed by atoms with E-state index in [-0.39, 0.29) is 6.04 Å². The second-order valence-electron chi connectivity index (χ2n) is 5.20. The van der Waals surface area contributed by atoms with Gasteiger partial charge in [-0.15, -0.1) is 0 Å². The second kappa shape index (κ2) is 6.18. The van der Waals surface area contributed by atoms with Crippen molar-refractivity contribution in [3.63, 3.8) is 0 Å². The fourth-order valence-electron chi connectivity index (χ4n) is 1.92. The molecule has 1 unspecified atom stereocenters. The Morgan fingerprint density at radius 2 is 2.22 bits per heavy atom. The molecular weight excluding hydrogens is 226 g/mol. The van der Waals surface area contributed by atoms with Crippen LogP contribution in [0.1, 0.15) is 30.9 Å². The van der Waals surface area contributed by atoms with Gasteiger partial charge in [0, 0.05) is 6.04 Å². The van der Waals surface area contributed by atoms with Gasteiger partial charge in [-0.3, -0.25) is 11.3 Å². The minimum absolute atomic E-state index is 0.176. The third-order valence-corrected chi connectivity index (χ3v) is 3.15. The normalized spacial score (nSPS) is 16.9. The molecule has 1 atom stereocenters. The van der Waals surface area contributed by atoms with E-state index in [0.717, 1.165) is 18.7 Å². The summed E-state index contributed by atoms with van der Waals surface area (Å²) in [5.74, 6) is 6.60. The molecular formula is C14H23N3O. The van der Waals surface area contributed by atoms with Crippen molar-refractivity contribution in [3.8, 4) is 5.75 Å². The lowest BCUT2D eigenvalue weighted by Crippen LogP contribution is -2.30. The molecule has 100 valence electrons. The summed E-state index contributed by atoms with van der Waals surface area (Å²) in [5.41, 5.74) is 4.08. The summed E-state index contributed by atoms with van der Waals surface area (Å²) in [6, 6.07) is 8.42.